The molecule has 25 heavy (non-hydrogen) atoms. The Hall–Kier alpha value is -2.79. The summed E-state index contributed by atoms with van der Waals surface area (Å²) in [6, 6.07) is 16.7. The highest BCUT2D eigenvalue weighted by molar-refractivity contribution is 6.31. The number of aromatic nitrogens is 1. The fourth-order valence-corrected chi connectivity index (χ4v) is 2.52. The molecule has 0 radical (unpaired) electrons. The molecular weight excluding hydrogens is 340 g/mol. The first kappa shape index (κ1) is 17.0. The Morgan fingerprint density at radius 2 is 1.88 bits per heavy atom. The fourth-order valence-electron chi connectivity index (χ4n) is 2.31. The number of nitrogens with zero attached hydrogens (tertiary/aromatic N) is 1. The van der Waals surface area contributed by atoms with Gasteiger partial charge in [0.15, 0.2) is 5.69 Å². The van der Waals surface area contributed by atoms with Gasteiger partial charge in [0.1, 0.15) is 18.1 Å². The maximum atomic E-state index is 12.4. The van der Waals surface area contributed by atoms with Gasteiger partial charge < -0.3 is 14.6 Å². The summed E-state index contributed by atoms with van der Waals surface area (Å²) in [7, 11) is 0. The number of carbonyl (C=O) groups is 1. The van der Waals surface area contributed by atoms with Crippen LogP contribution in [0.4, 0.5) is 0 Å². The normalized spacial score (nSPS) is 10.5. The first-order valence-corrected chi connectivity index (χ1v) is 8.17. The lowest BCUT2D eigenvalue weighted by Gasteiger charge is -2.08. The molecule has 128 valence electrons. The summed E-state index contributed by atoms with van der Waals surface area (Å²) < 4.78 is 10.9. The van der Waals surface area contributed by atoms with Gasteiger partial charge in [-0.15, -0.1) is 0 Å². The minimum atomic E-state index is -0.330. The second-order valence-corrected chi connectivity index (χ2v) is 5.85. The van der Waals surface area contributed by atoms with Crippen molar-refractivity contribution in [1.82, 2.24) is 10.5 Å². The number of nitrogens with one attached hydrogen (secondary N) is 1. The predicted octanol–water partition coefficient (Wildman–Crippen LogP) is 4.15. The number of halogens is 1. The van der Waals surface area contributed by atoms with Gasteiger partial charge in [0.05, 0.1) is 5.56 Å². The van der Waals surface area contributed by atoms with Crippen molar-refractivity contribution in [3.05, 3.63) is 82.2 Å². The minimum absolute atomic E-state index is 0.203. The maximum absolute atomic E-state index is 12.4. The van der Waals surface area contributed by atoms with Crippen LogP contribution in [0.5, 0.6) is 5.75 Å². The molecule has 0 aliphatic rings. The van der Waals surface area contributed by atoms with Gasteiger partial charge in [0.25, 0.3) is 5.91 Å². The lowest BCUT2D eigenvalue weighted by atomic mass is 10.2. The maximum Gasteiger partial charge on any atom is 0.274 e. The van der Waals surface area contributed by atoms with Crippen LogP contribution in [-0.4, -0.2) is 11.1 Å². The van der Waals surface area contributed by atoms with E-state index in [1.807, 2.05) is 48.5 Å². The number of para-hydroxylation sites is 1. The van der Waals surface area contributed by atoms with Crippen molar-refractivity contribution in [3.63, 3.8) is 0 Å². The Balaban J connectivity index is 1.68. The molecule has 0 fully saturated rings. The van der Waals surface area contributed by atoms with Crippen molar-refractivity contribution < 1.29 is 14.1 Å². The van der Waals surface area contributed by atoms with Crippen molar-refractivity contribution in [2.24, 2.45) is 0 Å². The molecule has 0 saturated carbocycles. The Bertz CT molecular complexity index is 862. The van der Waals surface area contributed by atoms with Crippen LogP contribution in [-0.2, 0) is 13.2 Å². The number of carbonyl (C=O) groups excluding carboxylic acids is 1. The second kappa shape index (κ2) is 7.85. The summed E-state index contributed by atoms with van der Waals surface area (Å²) >= 11 is 6.10. The molecule has 3 aromatic rings. The Morgan fingerprint density at radius 3 is 2.64 bits per heavy atom. The molecule has 1 aromatic heterocycles. The summed E-state index contributed by atoms with van der Waals surface area (Å²) in [5.74, 6) is 0.938. The molecule has 1 N–H and O–H groups in total. The molecule has 1 heterocycles. The highest BCUT2D eigenvalue weighted by Gasteiger charge is 2.20. The molecule has 6 heteroatoms. The van der Waals surface area contributed by atoms with Crippen molar-refractivity contribution in [2.45, 2.75) is 20.1 Å². The Kier molecular flexibility index (Phi) is 5.36. The third-order valence-corrected chi connectivity index (χ3v) is 4.09. The summed E-state index contributed by atoms with van der Waals surface area (Å²) in [5.41, 5.74) is 1.68. The SMILES string of the molecule is Cc1onc(C(=O)NCc2ccccc2Cl)c1COc1ccccc1. The summed E-state index contributed by atoms with van der Waals surface area (Å²) in [6.07, 6.45) is 0. The molecule has 1 amide bonds. The smallest absolute Gasteiger partial charge is 0.274 e. The number of ether oxygens (including phenoxy) is 1. The van der Waals surface area contributed by atoms with E-state index in [-0.39, 0.29) is 18.2 Å². The number of aryl methyl sites for hydroxylation is 1. The van der Waals surface area contributed by atoms with Crippen LogP contribution >= 0.6 is 11.6 Å². The van der Waals surface area contributed by atoms with E-state index in [0.717, 1.165) is 5.56 Å². The highest BCUT2D eigenvalue weighted by atomic mass is 35.5. The number of hydrogen-bond donors (Lipinski definition) is 1. The summed E-state index contributed by atoms with van der Waals surface area (Å²) in [5, 5.41) is 7.27. The monoisotopic (exact) mass is 356 g/mol. The first-order valence-electron chi connectivity index (χ1n) is 7.79. The molecular formula is C19H17ClN2O3. The van der Waals surface area contributed by atoms with Crippen LogP contribution in [0.15, 0.2) is 59.1 Å². The molecule has 0 unspecified atom stereocenters. The van der Waals surface area contributed by atoms with Crippen LogP contribution in [0.3, 0.4) is 0 Å². The molecule has 0 bridgehead atoms. The number of hydrogen-bond acceptors (Lipinski definition) is 4. The van der Waals surface area contributed by atoms with Crippen molar-refractivity contribution >= 4 is 17.5 Å². The first-order chi connectivity index (χ1) is 12.1. The van der Waals surface area contributed by atoms with Gasteiger partial charge in [-0.05, 0) is 30.7 Å². The Morgan fingerprint density at radius 1 is 1.16 bits per heavy atom. The van der Waals surface area contributed by atoms with Gasteiger partial charge in [-0.25, -0.2) is 0 Å². The van der Waals surface area contributed by atoms with Gasteiger partial charge in [0.2, 0.25) is 0 Å². The molecule has 0 saturated heterocycles. The molecule has 0 aliphatic carbocycles. The zero-order chi connectivity index (χ0) is 17.6. The van der Waals surface area contributed by atoms with Gasteiger partial charge in [-0.2, -0.15) is 0 Å². The van der Waals surface area contributed by atoms with E-state index in [1.54, 1.807) is 13.0 Å². The summed E-state index contributed by atoms with van der Waals surface area (Å²) in [6.45, 7) is 2.26. The second-order valence-electron chi connectivity index (χ2n) is 5.44. The van der Waals surface area contributed by atoms with E-state index < -0.39 is 0 Å². The van der Waals surface area contributed by atoms with Crippen LogP contribution in [0.2, 0.25) is 5.02 Å². The number of benzene rings is 2. The van der Waals surface area contributed by atoms with Crippen molar-refractivity contribution in [1.29, 1.82) is 0 Å². The van der Waals surface area contributed by atoms with Gasteiger partial charge >= 0.3 is 0 Å². The lowest BCUT2D eigenvalue weighted by molar-refractivity contribution is 0.0939. The number of rotatable bonds is 6. The number of amides is 1. The molecule has 2 aromatic carbocycles. The van der Waals surface area contributed by atoms with Crippen LogP contribution in [0, 0.1) is 6.92 Å². The van der Waals surface area contributed by atoms with E-state index in [0.29, 0.717) is 28.6 Å². The molecule has 0 aliphatic heterocycles. The zero-order valence-electron chi connectivity index (χ0n) is 13.7. The molecule has 3 rings (SSSR count). The average molecular weight is 357 g/mol. The van der Waals surface area contributed by atoms with Gasteiger partial charge in [-0.1, -0.05) is 53.2 Å². The predicted molar refractivity (Wildman–Crippen MR) is 94.6 cm³/mol. The third kappa shape index (κ3) is 4.19. The molecule has 5 nitrogen and oxygen atoms in total. The third-order valence-electron chi connectivity index (χ3n) is 3.72. The van der Waals surface area contributed by atoms with Crippen LogP contribution in [0.1, 0.15) is 27.4 Å². The standard InChI is InChI=1S/C19H17ClN2O3/c1-13-16(12-24-15-8-3-2-4-9-15)18(22-25-13)19(23)21-11-14-7-5-6-10-17(14)20/h2-10H,11-12H2,1H3,(H,21,23). The van der Waals surface area contributed by atoms with Gasteiger partial charge in [-0.3, -0.25) is 4.79 Å². The van der Waals surface area contributed by atoms with Crippen molar-refractivity contribution in [2.75, 3.05) is 0 Å². The quantitative estimate of drug-likeness (QED) is 0.720. The average Bonchev–Trinajstić information content (AvgIpc) is 3.00. The minimum Gasteiger partial charge on any atom is -0.489 e. The van der Waals surface area contributed by atoms with E-state index >= 15 is 0 Å². The van der Waals surface area contributed by atoms with E-state index in [1.165, 1.54) is 0 Å². The lowest BCUT2D eigenvalue weighted by Crippen LogP contribution is -2.24. The van der Waals surface area contributed by atoms with Crippen LogP contribution in [0.25, 0.3) is 0 Å². The molecule has 0 spiro atoms. The Labute approximate surface area is 150 Å². The zero-order valence-corrected chi connectivity index (χ0v) is 14.4. The topological polar surface area (TPSA) is 64.4 Å². The fraction of sp³-hybridized carbons (Fsp3) is 0.158. The molecule has 0 atom stereocenters. The summed E-state index contributed by atoms with van der Waals surface area (Å²) in [4.78, 5) is 12.4. The van der Waals surface area contributed by atoms with Gasteiger partial charge in [0, 0.05) is 11.6 Å². The highest BCUT2D eigenvalue weighted by Crippen LogP contribution is 2.18. The van der Waals surface area contributed by atoms with Crippen LogP contribution < -0.4 is 10.1 Å². The van der Waals surface area contributed by atoms with E-state index in [4.69, 9.17) is 20.9 Å². The largest absolute Gasteiger partial charge is 0.489 e. The van der Waals surface area contributed by atoms with E-state index in [9.17, 15) is 4.79 Å². The van der Waals surface area contributed by atoms with Crippen molar-refractivity contribution in [3.8, 4) is 5.75 Å². The van der Waals surface area contributed by atoms with E-state index in [2.05, 4.69) is 10.5 Å².